The minimum Gasteiger partial charge on any atom is -0.453 e. The molecule has 0 fully saturated rings. The fourth-order valence-electron chi connectivity index (χ4n) is 2.17. The molecule has 5 heteroatoms. The lowest BCUT2D eigenvalue weighted by Gasteiger charge is -2.12. The number of benzene rings is 3. The van der Waals surface area contributed by atoms with E-state index < -0.39 is 5.82 Å². The Bertz CT molecular complexity index is 989. The molecule has 120 valence electrons. The smallest absolute Gasteiger partial charge is 0.172 e. The normalized spacial score (nSPS) is 9.72. The van der Waals surface area contributed by atoms with Crippen molar-refractivity contribution < 1.29 is 13.9 Å². The van der Waals surface area contributed by atoms with Gasteiger partial charge in [0.2, 0.25) is 0 Å². The summed E-state index contributed by atoms with van der Waals surface area (Å²) in [7, 11) is 0. The van der Waals surface area contributed by atoms with Crippen LogP contribution in [0, 0.1) is 28.5 Å². The highest BCUT2D eigenvalue weighted by Gasteiger charge is 2.11. The van der Waals surface area contributed by atoms with E-state index in [1.54, 1.807) is 12.1 Å². The van der Waals surface area contributed by atoms with Crippen molar-refractivity contribution in [3.63, 3.8) is 0 Å². The molecule has 3 aromatic carbocycles. The van der Waals surface area contributed by atoms with E-state index >= 15 is 0 Å². The molecule has 0 bridgehead atoms. The van der Waals surface area contributed by atoms with Crippen molar-refractivity contribution in [2.75, 3.05) is 0 Å². The molecule has 0 atom stereocenters. The van der Waals surface area contributed by atoms with Crippen LogP contribution in [0.2, 0.25) is 0 Å². The zero-order chi connectivity index (χ0) is 17.6. The molecule has 0 heterocycles. The monoisotopic (exact) mass is 330 g/mol. The minimum absolute atomic E-state index is 0.164. The van der Waals surface area contributed by atoms with Gasteiger partial charge in [0.1, 0.15) is 29.5 Å². The van der Waals surface area contributed by atoms with E-state index in [1.165, 1.54) is 36.4 Å². The average Bonchev–Trinajstić information content (AvgIpc) is 2.64. The molecule has 0 N–H and O–H groups in total. The van der Waals surface area contributed by atoms with Crippen LogP contribution >= 0.6 is 0 Å². The van der Waals surface area contributed by atoms with Gasteiger partial charge < -0.3 is 9.47 Å². The maximum absolute atomic E-state index is 13.6. The molecule has 0 spiro atoms. The molecule has 4 nitrogen and oxygen atoms in total. The van der Waals surface area contributed by atoms with Gasteiger partial charge in [0, 0.05) is 6.07 Å². The van der Waals surface area contributed by atoms with E-state index in [0.29, 0.717) is 17.2 Å². The lowest BCUT2D eigenvalue weighted by Crippen LogP contribution is -1.93. The van der Waals surface area contributed by atoms with Gasteiger partial charge in [0.25, 0.3) is 0 Å². The quantitative estimate of drug-likeness (QED) is 0.663. The lowest BCUT2D eigenvalue weighted by molar-refractivity contribution is 0.415. The zero-order valence-electron chi connectivity index (χ0n) is 12.9. The molecule has 25 heavy (non-hydrogen) atoms. The van der Waals surface area contributed by atoms with E-state index in [4.69, 9.17) is 20.0 Å². The number of rotatable bonds is 4. The average molecular weight is 330 g/mol. The first-order valence-corrected chi connectivity index (χ1v) is 7.34. The Morgan fingerprint density at radius 1 is 0.680 bits per heavy atom. The van der Waals surface area contributed by atoms with Crippen LogP contribution in [0.15, 0.2) is 66.7 Å². The maximum Gasteiger partial charge on any atom is 0.172 e. The van der Waals surface area contributed by atoms with Crippen molar-refractivity contribution in [3.8, 4) is 35.1 Å². The van der Waals surface area contributed by atoms with Crippen LogP contribution in [-0.4, -0.2) is 0 Å². The summed E-state index contributed by atoms with van der Waals surface area (Å²) in [6, 6.07) is 21.3. The number of hydrogen-bond donors (Lipinski definition) is 0. The van der Waals surface area contributed by atoms with Gasteiger partial charge >= 0.3 is 0 Å². The second kappa shape index (κ2) is 7.16. The summed E-state index contributed by atoms with van der Waals surface area (Å²) in [6.45, 7) is 0. The Morgan fingerprint density at radius 3 is 2.12 bits per heavy atom. The van der Waals surface area contributed by atoms with Crippen LogP contribution in [0.25, 0.3) is 0 Å². The Balaban J connectivity index is 1.93. The van der Waals surface area contributed by atoms with Crippen LogP contribution in [0.4, 0.5) is 4.39 Å². The second-order valence-corrected chi connectivity index (χ2v) is 5.04. The molecular formula is C20H11FN2O2. The van der Waals surface area contributed by atoms with Crippen molar-refractivity contribution in [3.05, 3.63) is 83.7 Å². The molecule has 0 radical (unpaired) electrons. The largest absolute Gasteiger partial charge is 0.453 e. The number of hydrogen-bond acceptors (Lipinski definition) is 4. The molecule has 0 aliphatic rings. The van der Waals surface area contributed by atoms with Crippen molar-refractivity contribution >= 4 is 0 Å². The van der Waals surface area contributed by atoms with Crippen molar-refractivity contribution in [2.45, 2.75) is 0 Å². The first-order chi connectivity index (χ1) is 12.2. The van der Waals surface area contributed by atoms with Gasteiger partial charge in [-0.15, -0.1) is 0 Å². The first kappa shape index (κ1) is 16.0. The molecular weight excluding hydrogens is 319 g/mol. The Labute approximate surface area is 143 Å². The highest BCUT2D eigenvalue weighted by molar-refractivity contribution is 5.51. The predicted octanol–water partition coefficient (Wildman–Crippen LogP) is 5.15. The summed E-state index contributed by atoms with van der Waals surface area (Å²) in [5, 5.41) is 18.1. The minimum atomic E-state index is -0.482. The maximum atomic E-state index is 13.6. The Hall–Kier alpha value is -3.83. The van der Waals surface area contributed by atoms with Gasteiger partial charge in [-0.2, -0.15) is 10.5 Å². The highest BCUT2D eigenvalue weighted by Crippen LogP contribution is 2.35. The van der Waals surface area contributed by atoms with E-state index in [1.807, 2.05) is 30.3 Å². The van der Waals surface area contributed by atoms with Crippen molar-refractivity contribution in [1.82, 2.24) is 0 Å². The third-order valence-corrected chi connectivity index (χ3v) is 3.34. The summed E-state index contributed by atoms with van der Waals surface area (Å²) < 4.78 is 25.0. The molecule has 0 aliphatic carbocycles. The number of ether oxygens (including phenoxy) is 2. The topological polar surface area (TPSA) is 66.0 Å². The SMILES string of the molecule is N#Cc1ccc(Oc2cc(F)ccc2Oc2ccccc2)cc1C#N. The second-order valence-electron chi connectivity index (χ2n) is 5.04. The van der Waals surface area contributed by atoms with Crippen LogP contribution in [0.3, 0.4) is 0 Å². The molecule has 3 aromatic rings. The lowest BCUT2D eigenvalue weighted by atomic mass is 10.1. The number of nitriles is 2. The van der Waals surface area contributed by atoms with E-state index in [0.717, 1.165) is 0 Å². The fraction of sp³-hybridized carbons (Fsp3) is 0. The summed E-state index contributed by atoms with van der Waals surface area (Å²) in [5.74, 6) is 0.896. The van der Waals surface area contributed by atoms with Crippen LogP contribution < -0.4 is 9.47 Å². The summed E-state index contributed by atoms with van der Waals surface area (Å²) in [6.07, 6.45) is 0. The third-order valence-electron chi connectivity index (χ3n) is 3.34. The summed E-state index contributed by atoms with van der Waals surface area (Å²) in [4.78, 5) is 0. The molecule has 0 unspecified atom stereocenters. The fourth-order valence-corrected chi connectivity index (χ4v) is 2.17. The van der Waals surface area contributed by atoms with Gasteiger partial charge in [-0.05, 0) is 42.5 Å². The van der Waals surface area contributed by atoms with Gasteiger partial charge in [-0.3, -0.25) is 0 Å². The Morgan fingerprint density at radius 2 is 1.40 bits per heavy atom. The molecule has 0 amide bonds. The van der Waals surface area contributed by atoms with E-state index in [2.05, 4.69) is 0 Å². The van der Waals surface area contributed by atoms with Crippen molar-refractivity contribution in [2.24, 2.45) is 0 Å². The van der Waals surface area contributed by atoms with Gasteiger partial charge in [0.15, 0.2) is 11.5 Å². The predicted molar refractivity (Wildman–Crippen MR) is 88.9 cm³/mol. The zero-order valence-corrected chi connectivity index (χ0v) is 12.9. The Kier molecular flexibility index (Phi) is 4.60. The van der Waals surface area contributed by atoms with Gasteiger partial charge in [0.05, 0.1) is 11.1 Å². The molecule has 3 rings (SSSR count). The first-order valence-electron chi connectivity index (χ1n) is 7.34. The standard InChI is InChI=1S/C20H11FN2O2/c21-16-7-9-19(24-17-4-2-1-3-5-17)20(11-16)25-18-8-6-14(12-22)15(10-18)13-23/h1-11H. The third kappa shape index (κ3) is 3.74. The molecule has 0 aliphatic heterocycles. The van der Waals surface area contributed by atoms with Crippen LogP contribution in [0.5, 0.6) is 23.0 Å². The number of nitrogens with zero attached hydrogens (tertiary/aromatic N) is 2. The van der Waals surface area contributed by atoms with Gasteiger partial charge in [-0.1, -0.05) is 18.2 Å². The van der Waals surface area contributed by atoms with Crippen LogP contribution in [-0.2, 0) is 0 Å². The van der Waals surface area contributed by atoms with Gasteiger partial charge in [-0.25, -0.2) is 4.39 Å². The molecule has 0 saturated carbocycles. The molecule has 0 aromatic heterocycles. The number of halogens is 1. The highest BCUT2D eigenvalue weighted by atomic mass is 19.1. The van der Waals surface area contributed by atoms with Crippen molar-refractivity contribution in [1.29, 1.82) is 10.5 Å². The summed E-state index contributed by atoms with van der Waals surface area (Å²) in [5.41, 5.74) is 0.428. The summed E-state index contributed by atoms with van der Waals surface area (Å²) >= 11 is 0. The number of para-hydroxylation sites is 1. The van der Waals surface area contributed by atoms with E-state index in [-0.39, 0.29) is 16.9 Å². The van der Waals surface area contributed by atoms with E-state index in [9.17, 15) is 4.39 Å². The van der Waals surface area contributed by atoms with Crippen LogP contribution in [0.1, 0.15) is 11.1 Å². The molecule has 0 saturated heterocycles.